The lowest BCUT2D eigenvalue weighted by Crippen LogP contribution is -2.36. The smallest absolute Gasteiger partial charge is 0.193 e. The van der Waals surface area contributed by atoms with Crippen molar-refractivity contribution < 1.29 is 0 Å². The average Bonchev–Trinajstić information content (AvgIpc) is 3.16. The van der Waals surface area contributed by atoms with Gasteiger partial charge in [0.15, 0.2) is 5.96 Å². The molecule has 104 valence electrons. The van der Waals surface area contributed by atoms with Crippen LogP contribution in [0.5, 0.6) is 0 Å². The molecule has 2 heterocycles. The van der Waals surface area contributed by atoms with Crippen LogP contribution in [-0.2, 0) is 6.42 Å². The van der Waals surface area contributed by atoms with Crippen LogP contribution in [0, 0.1) is 0 Å². The van der Waals surface area contributed by atoms with Crippen LogP contribution in [0.1, 0.15) is 30.1 Å². The SMILES string of the molecule is CN1CCN=C1NCCc1cnc(C2CC2)nc1.I. The van der Waals surface area contributed by atoms with Crippen molar-refractivity contribution in [3.8, 4) is 0 Å². The molecule has 0 unspecified atom stereocenters. The Kier molecular flexibility index (Phi) is 4.95. The van der Waals surface area contributed by atoms with Crippen LogP contribution in [0.15, 0.2) is 17.4 Å². The van der Waals surface area contributed by atoms with Gasteiger partial charge in [0, 0.05) is 38.4 Å². The molecule has 1 aliphatic heterocycles. The van der Waals surface area contributed by atoms with Crippen LogP contribution < -0.4 is 5.32 Å². The van der Waals surface area contributed by atoms with Crippen LogP contribution in [0.4, 0.5) is 0 Å². The summed E-state index contributed by atoms with van der Waals surface area (Å²) in [6, 6.07) is 0. The van der Waals surface area contributed by atoms with Crippen molar-refractivity contribution in [2.75, 3.05) is 26.7 Å². The topological polar surface area (TPSA) is 53.4 Å². The summed E-state index contributed by atoms with van der Waals surface area (Å²) in [5, 5.41) is 3.35. The zero-order valence-corrected chi connectivity index (χ0v) is 13.5. The monoisotopic (exact) mass is 373 g/mol. The van der Waals surface area contributed by atoms with Gasteiger partial charge in [0.05, 0.1) is 6.54 Å². The Hall–Kier alpha value is -0.920. The molecule has 1 aliphatic carbocycles. The van der Waals surface area contributed by atoms with E-state index in [1.165, 1.54) is 18.4 Å². The maximum atomic E-state index is 4.43. The van der Waals surface area contributed by atoms with E-state index in [0.717, 1.165) is 37.8 Å². The number of hydrogen-bond donors (Lipinski definition) is 1. The first-order chi connectivity index (χ1) is 8.83. The Labute approximate surface area is 130 Å². The van der Waals surface area contributed by atoms with Crippen LogP contribution in [0.25, 0.3) is 0 Å². The molecular weight excluding hydrogens is 353 g/mol. The van der Waals surface area contributed by atoms with Crippen LogP contribution >= 0.6 is 24.0 Å². The summed E-state index contributed by atoms with van der Waals surface area (Å²) in [5.41, 5.74) is 1.19. The largest absolute Gasteiger partial charge is 0.356 e. The quantitative estimate of drug-likeness (QED) is 0.811. The summed E-state index contributed by atoms with van der Waals surface area (Å²) in [6.45, 7) is 2.80. The number of hydrogen-bond acceptors (Lipinski definition) is 5. The average molecular weight is 373 g/mol. The molecule has 0 radical (unpaired) electrons. The van der Waals surface area contributed by atoms with Crippen molar-refractivity contribution in [3.05, 3.63) is 23.8 Å². The second kappa shape index (κ2) is 6.49. The highest BCUT2D eigenvalue weighted by Crippen LogP contribution is 2.37. The fourth-order valence-electron chi connectivity index (χ4n) is 2.09. The summed E-state index contributed by atoms with van der Waals surface area (Å²) in [4.78, 5) is 15.4. The number of aliphatic imine (C=N–C) groups is 1. The molecule has 0 atom stereocenters. The molecule has 0 aromatic carbocycles. The van der Waals surface area contributed by atoms with Crippen LogP contribution in [0.2, 0.25) is 0 Å². The first kappa shape index (κ1) is 14.5. The first-order valence-electron chi connectivity index (χ1n) is 6.63. The maximum Gasteiger partial charge on any atom is 0.193 e. The van der Waals surface area contributed by atoms with Gasteiger partial charge in [0.1, 0.15) is 5.82 Å². The standard InChI is InChI=1S/C13H19N5.HI/c1-18-7-6-15-13(18)14-5-4-10-8-16-12(17-9-10)11-2-3-11;/h8-9,11H,2-7H2,1H3,(H,14,15);1H. The highest BCUT2D eigenvalue weighted by Gasteiger charge is 2.26. The molecule has 1 N–H and O–H groups in total. The van der Waals surface area contributed by atoms with Gasteiger partial charge in [-0.05, 0) is 24.8 Å². The van der Waals surface area contributed by atoms with Crippen LogP contribution in [-0.4, -0.2) is 47.5 Å². The number of nitrogens with zero attached hydrogens (tertiary/aromatic N) is 4. The molecule has 0 saturated heterocycles. The molecule has 2 aliphatic rings. The van der Waals surface area contributed by atoms with E-state index in [-0.39, 0.29) is 24.0 Å². The van der Waals surface area contributed by atoms with Gasteiger partial charge in [-0.2, -0.15) is 0 Å². The Morgan fingerprint density at radius 1 is 1.32 bits per heavy atom. The molecule has 1 saturated carbocycles. The lowest BCUT2D eigenvalue weighted by molar-refractivity contribution is 0.534. The first-order valence-corrected chi connectivity index (χ1v) is 6.63. The van der Waals surface area contributed by atoms with Crippen molar-refractivity contribution in [1.82, 2.24) is 20.2 Å². The fourth-order valence-corrected chi connectivity index (χ4v) is 2.09. The number of rotatable bonds is 4. The molecule has 0 spiro atoms. The number of halogens is 1. The summed E-state index contributed by atoms with van der Waals surface area (Å²) in [6.07, 6.45) is 7.38. The zero-order chi connectivity index (χ0) is 12.4. The lowest BCUT2D eigenvalue weighted by atomic mass is 10.2. The molecule has 5 nitrogen and oxygen atoms in total. The van der Waals surface area contributed by atoms with Crippen molar-refractivity contribution in [1.29, 1.82) is 0 Å². The summed E-state index contributed by atoms with van der Waals surface area (Å²) >= 11 is 0. The predicted octanol–water partition coefficient (Wildman–Crippen LogP) is 1.41. The third-order valence-electron chi connectivity index (χ3n) is 3.42. The molecule has 0 amide bonds. The third kappa shape index (κ3) is 3.77. The minimum Gasteiger partial charge on any atom is -0.356 e. The normalized spacial score (nSPS) is 17.9. The van der Waals surface area contributed by atoms with Gasteiger partial charge in [-0.15, -0.1) is 24.0 Å². The number of aromatic nitrogens is 2. The Morgan fingerprint density at radius 3 is 2.63 bits per heavy atom. The lowest BCUT2D eigenvalue weighted by Gasteiger charge is -2.14. The van der Waals surface area contributed by atoms with Gasteiger partial charge in [-0.25, -0.2) is 9.97 Å². The Balaban J connectivity index is 0.00000133. The van der Waals surface area contributed by atoms with E-state index in [1.807, 2.05) is 12.4 Å². The van der Waals surface area contributed by atoms with E-state index in [0.29, 0.717) is 5.92 Å². The van der Waals surface area contributed by atoms with E-state index in [9.17, 15) is 0 Å². The van der Waals surface area contributed by atoms with Crippen molar-refractivity contribution in [3.63, 3.8) is 0 Å². The summed E-state index contributed by atoms with van der Waals surface area (Å²) < 4.78 is 0. The van der Waals surface area contributed by atoms with Gasteiger partial charge in [0.25, 0.3) is 0 Å². The van der Waals surface area contributed by atoms with Crippen LogP contribution in [0.3, 0.4) is 0 Å². The molecule has 1 aromatic heterocycles. The molecule has 19 heavy (non-hydrogen) atoms. The minimum absolute atomic E-state index is 0. The maximum absolute atomic E-state index is 4.43. The summed E-state index contributed by atoms with van der Waals surface area (Å²) in [7, 11) is 2.06. The van der Waals surface area contributed by atoms with Crippen molar-refractivity contribution in [2.45, 2.75) is 25.2 Å². The van der Waals surface area contributed by atoms with Gasteiger partial charge in [-0.3, -0.25) is 4.99 Å². The number of likely N-dealkylation sites (N-methyl/N-ethyl adjacent to an activating group) is 1. The third-order valence-corrected chi connectivity index (χ3v) is 3.42. The van der Waals surface area contributed by atoms with Crippen molar-refractivity contribution in [2.24, 2.45) is 4.99 Å². The predicted molar refractivity (Wildman–Crippen MR) is 86.1 cm³/mol. The Morgan fingerprint density at radius 2 is 2.05 bits per heavy atom. The zero-order valence-electron chi connectivity index (χ0n) is 11.2. The van der Waals surface area contributed by atoms with E-state index < -0.39 is 0 Å². The number of nitrogens with one attached hydrogen (secondary N) is 1. The molecule has 1 aromatic rings. The van der Waals surface area contributed by atoms with Gasteiger partial charge < -0.3 is 10.2 Å². The van der Waals surface area contributed by atoms with Gasteiger partial charge in [-0.1, -0.05) is 0 Å². The van der Waals surface area contributed by atoms with Crippen molar-refractivity contribution >= 4 is 29.9 Å². The molecule has 0 bridgehead atoms. The van der Waals surface area contributed by atoms with E-state index in [2.05, 4.69) is 32.2 Å². The fraction of sp³-hybridized carbons (Fsp3) is 0.615. The number of guanidine groups is 1. The second-order valence-corrected chi connectivity index (χ2v) is 5.03. The highest BCUT2D eigenvalue weighted by molar-refractivity contribution is 14.0. The Bertz CT molecular complexity index is 441. The molecular formula is C13H20IN5. The van der Waals surface area contributed by atoms with Gasteiger partial charge in [0.2, 0.25) is 0 Å². The van der Waals surface area contributed by atoms with E-state index in [1.54, 1.807) is 0 Å². The second-order valence-electron chi connectivity index (χ2n) is 5.03. The molecule has 3 rings (SSSR count). The van der Waals surface area contributed by atoms with Gasteiger partial charge >= 0.3 is 0 Å². The molecule has 1 fully saturated rings. The van der Waals surface area contributed by atoms with E-state index in [4.69, 9.17) is 0 Å². The summed E-state index contributed by atoms with van der Waals surface area (Å²) in [5.74, 6) is 2.66. The highest BCUT2D eigenvalue weighted by atomic mass is 127. The minimum atomic E-state index is 0. The van der Waals surface area contributed by atoms with E-state index >= 15 is 0 Å². The molecule has 6 heteroatoms.